The van der Waals surface area contributed by atoms with Crippen LogP contribution in [0.4, 0.5) is 5.82 Å². The van der Waals surface area contributed by atoms with Gasteiger partial charge in [0.05, 0.1) is 15.9 Å². The molecule has 2 fully saturated rings. The van der Waals surface area contributed by atoms with Crippen LogP contribution >= 0.6 is 22.6 Å². The molecule has 2 N–H and O–H groups in total. The summed E-state index contributed by atoms with van der Waals surface area (Å²) in [5.74, 6) is 3.76. The zero-order chi connectivity index (χ0) is 12.7. The maximum atomic E-state index is 6.00. The molecular formula is C13H18IN3O. The Morgan fingerprint density at radius 1 is 1.33 bits per heavy atom. The largest absolute Gasteiger partial charge is 0.383 e. The number of nitrogen functional groups attached to an aromatic ring is 1. The second-order valence-corrected chi connectivity index (χ2v) is 6.52. The van der Waals surface area contributed by atoms with Crippen molar-refractivity contribution in [2.24, 2.45) is 11.8 Å². The van der Waals surface area contributed by atoms with E-state index in [1.165, 1.54) is 25.7 Å². The maximum absolute atomic E-state index is 6.00. The lowest BCUT2D eigenvalue weighted by molar-refractivity contribution is 0.180. The number of ether oxygens (including phenoxy) is 1. The summed E-state index contributed by atoms with van der Waals surface area (Å²) in [7, 11) is 1.69. The van der Waals surface area contributed by atoms with Gasteiger partial charge >= 0.3 is 0 Å². The van der Waals surface area contributed by atoms with Crippen molar-refractivity contribution < 1.29 is 4.74 Å². The molecule has 1 aromatic rings. The zero-order valence-electron chi connectivity index (χ0n) is 10.5. The molecular weight excluding hydrogens is 341 g/mol. The quantitative estimate of drug-likeness (QED) is 0.843. The van der Waals surface area contributed by atoms with Gasteiger partial charge in [0.1, 0.15) is 11.6 Å². The molecule has 2 bridgehead atoms. The van der Waals surface area contributed by atoms with Crippen LogP contribution in [0, 0.1) is 15.4 Å². The number of anilines is 1. The van der Waals surface area contributed by atoms with Crippen molar-refractivity contribution in [1.29, 1.82) is 0 Å². The third-order valence-corrected chi connectivity index (χ3v) is 5.49. The summed E-state index contributed by atoms with van der Waals surface area (Å²) in [6, 6.07) is 0. The molecule has 1 aromatic heterocycles. The average Bonchev–Trinajstić information content (AvgIpc) is 2.97. The lowest BCUT2D eigenvalue weighted by Gasteiger charge is -2.21. The Kier molecular flexibility index (Phi) is 3.44. The van der Waals surface area contributed by atoms with E-state index < -0.39 is 0 Å². The smallest absolute Gasteiger partial charge is 0.141 e. The van der Waals surface area contributed by atoms with Gasteiger partial charge < -0.3 is 10.5 Å². The first kappa shape index (κ1) is 12.6. The molecule has 4 nitrogen and oxygen atoms in total. The molecule has 18 heavy (non-hydrogen) atoms. The van der Waals surface area contributed by atoms with E-state index in [0.29, 0.717) is 18.3 Å². The lowest BCUT2D eigenvalue weighted by Crippen LogP contribution is -2.16. The standard InChI is InChI=1S/C13H18IN3O/c1-18-6-10-11(14)12(15)17-13(16-10)9-5-7-2-3-8(9)4-7/h7-9H,2-6H2,1H3,(H2,15,16,17). The second-order valence-electron chi connectivity index (χ2n) is 5.44. The molecule has 3 atom stereocenters. The fourth-order valence-electron chi connectivity index (χ4n) is 3.49. The van der Waals surface area contributed by atoms with Crippen LogP contribution in [0.15, 0.2) is 0 Å². The van der Waals surface area contributed by atoms with Gasteiger partial charge in [0.25, 0.3) is 0 Å². The van der Waals surface area contributed by atoms with Gasteiger partial charge in [-0.1, -0.05) is 6.42 Å². The van der Waals surface area contributed by atoms with Gasteiger partial charge in [-0.05, 0) is 53.7 Å². The minimum Gasteiger partial charge on any atom is -0.383 e. The highest BCUT2D eigenvalue weighted by Gasteiger charge is 2.41. The van der Waals surface area contributed by atoms with Gasteiger partial charge in [-0.2, -0.15) is 0 Å². The molecule has 2 aliphatic rings. The van der Waals surface area contributed by atoms with Crippen molar-refractivity contribution in [3.05, 3.63) is 15.1 Å². The maximum Gasteiger partial charge on any atom is 0.141 e. The monoisotopic (exact) mass is 359 g/mol. The van der Waals surface area contributed by atoms with Gasteiger partial charge in [-0.25, -0.2) is 9.97 Å². The Morgan fingerprint density at radius 2 is 2.17 bits per heavy atom. The fraction of sp³-hybridized carbons (Fsp3) is 0.692. The van der Waals surface area contributed by atoms with Gasteiger partial charge in [0.15, 0.2) is 0 Å². The Morgan fingerprint density at radius 3 is 2.78 bits per heavy atom. The van der Waals surface area contributed by atoms with E-state index in [-0.39, 0.29) is 0 Å². The third-order valence-electron chi connectivity index (χ3n) is 4.31. The minimum atomic E-state index is 0.513. The highest BCUT2D eigenvalue weighted by Crippen LogP contribution is 2.52. The number of nitrogens with zero attached hydrogens (tertiary/aromatic N) is 2. The number of fused-ring (bicyclic) bond motifs is 2. The number of hydrogen-bond acceptors (Lipinski definition) is 4. The van der Waals surface area contributed by atoms with Crippen molar-refractivity contribution in [3.8, 4) is 0 Å². The van der Waals surface area contributed by atoms with Gasteiger partial charge in [-0.3, -0.25) is 0 Å². The molecule has 3 rings (SSSR count). The first-order chi connectivity index (χ1) is 8.69. The average molecular weight is 359 g/mol. The highest BCUT2D eigenvalue weighted by molar-refractivity contribution is 14.1. The van der Waals surface area contributed by atoms with E-state index in [1.54, 1.807) is 7.11 Å². The van der Waals surface area contributed by atoms with Crippen LogP contribution in [0.2, 0.25) is 0 Å². The minimum absolute atomic E-state index is 0.513. The van der Waals surface area contributed by atoms with Crippen LogP contribution < -0.4 is 5.73 Å². The van der Waals surface area contributed by atoms with Crippen molar-refractivity contribution in [1.82, 2.24) is 9.97 Å². The number of rotatable bonds is 3. The lowest BCUT2D eigenvalue weighted by atomic mass is 9.88. The van der Waals surface area contributed by atoms with Gasteiger partial charge in [0, 0.05) is 13.0 Å². The molecule has 2 saturated carbocycles. The topological polar surface area (TPSA) is 61.0 Å². The number of methoxy groups -OCH3 is 1. The van der Waals surface area contributed by atoms with Crippen LogP contribution in [0.5, 0.6) is 0 Å². The van der Waals surface area contributed by atoms with Crippen LogP contribution in [0.1, 0.15) is 43.1 Å². The Hall–Kier alpha value is -0.430. The van der Waals surface area contributed by atoms with Crippen LogP contribution in [-0.4, -0.2) is 17.1 Å². The molecule has 0 amide bonds. The van der Waals surface area contributed by atoms with E-state index in [0.717, 1.165) is 26.9 Å². The van der Waals surface area contributed by atoms with Crippen LogP contribution in [-0.2, 0) is 11.3 Å². The summed E-state index contributed by atoms with van der Waals surface area (Å²) in [5.41, 5.74) is 6.94. The highest BCUT2D eigenvalue weighted by atomic mass is 127. The summed E-state index contributed by atoms with van der Waals surface area (Å²) >= 11 is 2.20. The second kappa shape index (κ2) is 4.92. The molecule has 0 aromatic carbocycles. The van der Waals surface area contributed by atoms with E-state index in [2.05, 4.69) is 27.6 Å². The van der Waals surface area contributed by atoms with Crippen LogP contribution in [0.3, 0.4) is 0 Å². The summed E-state index contributed by atoms with van der Waals surface area (Å²) in [6.07, 6.45) is 5.34. The van der Waals surface area contributed by atoms with Crippen molar-refractivity contribution >= 4 is 28.4 Å². The van der Waals surface area contributed by atoms with Crippen molar-refractivity contribution in [2.45, 2.75) is 38.2 Å². The first-order valence-corrected chi connectivity index (χ1v) is 7.57. The normalized spacial score (nSPS) is 30.0. The van der Waals surface area contributed by atoms with E-state index in [1.807, 2.05) is 0 Å². The van der Waals surface area contributed by atoms with Crippen molar-refractivity contribution in [2.75, 3.05) is 12.8 Å². The summed E-state index contributed by atoms with van der Waals surface area (Å²) in [4.78, 5) is 9.22. The molecule has 0 radical (unpaired) electrons. The third kappa shape index (κ3) is 2.11. The molecule has 3 unspecified atom stereocenters. The summed E-state index contributed by atoms with van der Waals surface area (Å²) < 4.78 is 6.12. The predicted octanol–water partition coefficient (Wildman–Crippen LogP) is 2.71. The molecule has 2 aliphatic carbocycles. The number of nitrogens with two attached hydrogens (primary N) is 1. The Balaban J connectivity index is 1.92. The van der Waals surface area contributed by atoms with E-state index >= 15 is 0 Å². The van der Waals surface area contributed by atoms with E-state index in [4.69, 9.17) is 15.5 Å². The molecule has 1 heterocycles. The van der Waals surface area contributed by atoms with Gasteiger partial charge in [0.2, 0.25) is 0 Å². The molecule has 0 spiro atoms. The molecule has 0 aliphatic heterocycles. The van der Waals surface area contributed by atoms with Crippen molar-refractivity contribution in [3.63, 3.8) is 0 Å². The zero-order valence-corrected chi connectivity index (χ0v) is 12.7. The SMILES string of the molecule is COCc1nc(C2CC3CCC2C3)nc(N)c1I. The fourth-order valence-corrected chi connectivity index (χ4v) is 3.89. The number of halogens is 1. The summed E-state index contributed by atoms with van der Waals surface area (Å²) in [5, 5.41) is 0. The molecule has 0 saturated heterocycles. The molecule has 5 heteroatoms. The number of aromatic nitrogens is 2. The number of hydrogen-bond donors (Lipinski definition) is 1. The van der Waals surface area contributed by atoms with E-state index in [9.17, 15) is 0 Å². The first-order valence-electron chi connectivity index (χ1n) is 6.49. The van der Waals surface area contributed by atoms with Crippen LogP contribution in [0.25, 0.3) is 0 Å². The Bertz CT molecular complexity index is 466. The molecule has 98 valence electrons. The van der Waals surface area contributed by atoms with Gasteiger partial charge in [-0.15, -0.1) is 0 Å². The Labute approximate surface area is 121 Å². The predicted molar refractivity (Wildman–Crippen MR) is 78.1 cm³/mol. The summed E-state index contributed by atoms with van der Waals surface area (Å²) in [6.45, 7) is 0.513.